The number of carboxylic acid groups (broad SMARTS) is 2. The van der Waals surface area contributed by atoms with Crippen molar-refractivity contribution in [2.75, 3.05) is 21.3 Å². The summed E-state index contributed by atoms with van der Waals surface area (Å²) >= 11 is 0. The van der Waals surface area contributed by atoms with E-state index in [9.17, 15) is 14.4 Å². The molecule has 1 aromatic carbocycles. The SMILES string of the molecule is COc1cc(C(=O)NC(CC(=O)O)C(=O)O)cc(OC)c1OC. The van der Waals surface area contributed by atoms with Gasteiger partial charge in [0.05, 0.1) is 27.8 Å². The average Bonchev–Trinajstić information content (AvgIpc) is 2.51. The van der Waals surface area contributed by atoms with Crippen LogP contribution in [0.25, 0.3) is 0 Å². The van der Waals surface area contributed by atoms with E-state index in [1.807, 2.05) is 0 Å². The molecule has 0 fully saturated rings. The van der Waals surface area contributed by atoms with Crippen molar-refractivity contribution in [1.29, 1.82) is 0 Å². The first-order valence-corrected chi connectivity index (χ1v) is 6.39. The van der Waals surface area contributed by atoms with Gasteiger partial charge in [-0.1, -0.05) is 0 Å². The molecule has 0 radical (unpaired) electrons. The van der Waals surface area contributed by atoms with Crippen LogP contribution in [0.15, 0.2) is 12.1 Å². The molecule has 1 rings (SSSR count). The number of hydrogen-bond acceptors (Lipinski definition) is 6. The van der Waals surface area contributed by atoms with Crippen LogP contribution in [0, 0.1) is 0 Å². The predicted octanol–water partition coefficient (Wildman–Crippen LogP) is 0.370. The third-order valence-electron chi connectivity index (χ3n) is 2.91. The van der Waals surface area contributed by atoms with E-state index in [0.717, 1.165) is 0 Å². The third kappa shape index (κ3) is 4.50. The van der Waals surface area contributed by atoms with E-state index in [2.05, 4.69) is 5.32 Å². The molecule has 3 N–H and O–H groups in total. The molecule has 1 amide bonds. The number of rotatable bonds is 8. The molecule has 9 heteroatoms. The third-order valence-corrected chi connectivity index (χ3v) is 2.91. The number of carbonyl (C=O) groups excluding carboxylic acids is 1. The van der Waals surface area contributed by atoms with E-state index in [4.69, 9.17) is 24.4 Å². The van der Waals surface area contributed by atoms with Gasteiger partial charge < -0.3 is 29.7 Å². The lowest BCUT2D eigenvalue weighted by molar-refractivity contribution is -0.145. The minimum Gasteiger partial charge on any atom is -0.493 e. The highest BCUT2D eigenvalue weighted by Crippen LogP contribution is 2.38. The van der Waals surface area contributed by atoms with Crippen LogP contribution in [0.1, 0.15) is 16.8 Å². The van der Waals surface area contributed by atoms with Gasteiger partial charge in [-0.15, -0.1) is 0 Å². The minimum absolute atomic E-state index is 0.0381. The van der Waals surface area contributed by atoms with Gasteiger partial charge in [-0.3, -0.25) is 9.59 Å². The van der Waals surface area contributed by atoms with Gasteiger partial charge in [0.2, 0.25) is 5.75 Å². The Kier molecular flexibility index (Phi) is 6.19. The highest BCUT2D eigenvalue weighted by Gasteiger charge is 2.25. The lowest BCUT2D eigenvalue weighted by Gasteiger charge is -2.16. The molecule has 9 nitrogen and oxygen atoms in total. The van der Waals surface area contributed by atoms with Crippen LogP contribution in [0.3, 0.4) is 0 Å². The van der Waals surface area contributed by atoms with Crippen molar-refractivity contribution in [3.63, 3.8) is 0 Å². The van der Waals surface area contributed by atoms with Crippen LogP contribution in [0.5, 0.6) is 17.2 Å². The summed E-state index contributed by atoms with van der Waals surface area (Å²) in [6, 6.07) is 1.10. The van der Waals surface area contributed by atoms with E-state index in [-0.39, 0.29) is 22.8 Å². The fourth-order valence-corrected chi connectivity index (χ4v) is 1.83. The topological polar surface area (TPSA) is 131 Å². The second-order valence-electron chi connectivity index (χ2n) is 4.38. The summed E-state index contributed by atoms with van der Waals surface area (Å²) in [5.74, 6) is -2.88. The standard InChI is InChI=1S/C14H17NO8/c1-21-9-4-7(5-10(22-2)12(9)23-3)13(18)15-8(14(19)20)6-11(16)17/h4-5,8H,6H2,1-3H3,(H,15,18)(H,16,17)(H,19,20). The summed E-state index contributed by atoms with van der Waals surface area (Å²) in [6.45, 7) is 0. The Morgan fingerprint density at radius 3 is 1.91 bits per heavy atom. The van der Waals surface area contributed by atoms with Crippen molar-refractivity contribution in [2.45, 2.75) is 12.5 Å². The monoisotopic (exact) mass is 327 g/mol. The van der Waals surface area contributed by atoms with Crippen LogP contribution in [-0.2, 0) is 9.59 Å². The molecule has 0 bridgehead atoms. The normalized spacial score (nSPS) is 11.3. The Hall–Kier alpha value is -2.97. The average molecular weight is 327 g/mol. The molecular weight excluding hydrogens is 310 g/mol. The van der Waals surface area contributed by atoms with Crippen molar-refractivity contribution in [3.05, 3.63) is 17.7 Å². The molecule has 23 heavy (non-hydrogen) atoms. The Balaban J connectivity index is 3.12. The number of benzene rings is 1. The van der Waals surface area contributed by atoms with E-state index in [0.29, 0.717) is 0 Å². The summed E-state index contributed by atoms with van der Waals surface area (Å²) in [7, 11) is 4.13. The zero-order chi connectivity index (χ0) is 17.6. The number of hydrogen-bond donors (Lipinski definition) is 3. The molecule has 1 atom stereocenters. The quantitative estimate of drug-likeness (QED) is 0.624. The number of carbonyl (C=O) groups is 3. The fourth-order valence-electron chi connectivity index (χ4n) is 1.83. The summed E-state index contributed by atoms with van der Waals surface area (Å²) < 4.78 is 15.3. The van der Waals surface area contributed by atoms with Crippen LogP contribution < -0.4 is 19.5 Å². The molecule has 0 saturated carbocycles. The maximum Gasteiger partial charge on any atom is 0.326 e. The molecule has 0 aromatic heterocycles. The van der Waals surface area contributed by atoms with Gasteiger partial charge in [0.15, 0.2) is 11.5 Å². The van der Waals surface area contributed by atoms with E-state index in [1.165, 1.54) is 33.5 Å². The largest absolute Gasteiger partial charge is 0.493 e. The van der Waals surface area contributed by atoms with E-state index >= 15 is 0 Å². The van der Waals surface area contributed by atoms with Gasteiger partial charge >= 0.3 is 11.9 Å². The number of amides is 1. The molecule has 1 aromatic rings. The molecule has 0 saturated heterocycles. The smallest absolute Gasteiger partial charge is 0.326 e. The first-order chi connectivity index (χ1) is 10.8. The predicted molar refractivity (Wildman–Crippen MR) is 77.2 cm³/mol. The molecule has 0 spiro atoms. The number of methoxy groups -OCH3 is 3. The second kappa shape index (κ2) is 7.87. The number of nitrogens with one attached hydrogen (secondary N) is 1. The molecule has 126 valence electrons. The Labute approximate surface area is 131 Å². The van der Waals surface area contributed by atoms with Crippen LogP contribution in [-0.4, -0.2) is 55.4 Å². The van der Waals surface area contributed by atoms with Gasteiger partial charge in [0.1, 0.15) is 6.04 Å². The van der Waals surface area contributed by atoms with E-state index in [1.54, 1.807) is 0 Å². The van der Waals surface area contributed by atoms with Crippen molar-refractivity contribution in [3.8, 4) is 17.2 Å². The zero-order valence-corrected chi connectivity index (χ0v) is 12.8. The van der Waals surface area contributed by atoms with Gasteiger partial charge in [-0.05, 0) is 12.1 Å². The Bertz CT molecular complexity index is 588. The first kappa shape index (κ1) is 18.1. The number of ether oxygens (including phenoxy) is 3. The molecule has 1 unspecified atom stereocenters. The van der Waals surface area contributed by atoms with Crippen molar-refractivity contribution in [1.82, 2.24) is 5.32 Å². The fraction of sp³-hybridized carbons (Fsp3) is 0.357. The summed E-state index contributed by atoms with van der Waals surface area (Å²) in [5, 5.41) is 19.8. The highest BCUT2D eigenvalue weighted by molar-refractivity contribution is 5.98. The highest BCUT2D eigenvalue weighted by atomic mass is 16.5. The van der Waals surface area contributed by atoms with Gasteiger partial charge in [-0.25, -0.2) is 4.79 Å². The van der Waals surface area contributed by atoms with Crippen LogP contribution in [0.4, 0.5) is 0 Å². The summed E-state index contributed by atoms with van der Waals surface area (Å²) in [4.78, 5) is 33.8. The van der Waals surface area contributed by atoms with Crippen molar-refractivity contribution in [2.24, 2.45) is 0 Å². The number of aliphatic carboxylic acids is 2. The lowest BCUT2D eigenvalue weighted by Crippen LogP contribution is -2.42. The van der Waals surface area contributed by atoms with Crippen LogP contribution >= 0.6 is 0 Å². The zero-order valence-electron chi connectivity index (χ0n) is 12.8. The van der Waals surface area contributed by atoms with Gasteiger partial charge in [-0.2, -0.15) is 0 Å². The maximum absolute atomic E-state index is 12.2. The molecule has 0 aliphatic rings. The number of carboxylic acids is 2. The van der Waals surface area contributed by atoms with Gasteiger partial charge in [0, 0.05) is 5.56 Å². The Morgan fingerprint density at radius 1 is 1.04 bits per heavy atom. The maximum atomic E-state index is 12.2. The van der Waals surface area contributed by atoms with Crippen LogP contribution in [0.2, 0.25) is 0 Å². The lowest BCUT2D eigenvalue weighted by atomic mass is 10.1. The molecule has 0 aliphatic carbocycles. The second-order valence-corrected chi connectivity index (χ2v) is 4.38. The minimum atomic E-state index is -1.56. The summed E-state index contributed by atoms with van der Waals surface area (Å²) in [5.41, 5.74) is 0.0381. The molecule has 0 heterocycles. The molecule has 0 aliphatic heterocycles. The van der Waals surface area contributed by atoms with Gasteiger partial charge in [0.25, 0.3) is 5.91 Å². The van der Waals surface area contributed by atoms with Crippen molar-refractivity contribution >= 4 is 17.8 Å². The first-order valence-electron chi connectivity index (χ1n) is 6.39. The van der Waals surface area contributed by atoms with Crippen molar-refractivity contribution < 1.29 is 38.8 Å². The Morgan fingerprint density at radius 2 is 1.57 bits per heavy atom. The molecular formula is C14H17NO8. The summed E-state index contributed by atoms with van der Waals surface area (Å²) in [6.07, 6.45) is -0.745. The van der Waals surface area contributed by atoms with E-state index < -0.39 is 30.3 Å².